The van der Waals surface area contributed by atoms with Crippen LogP contribution in [0.5, 0.6) is 0 Å². The summed E-state index contributed by atoms with van der Waals surface area (Å²) in [4.78, 5) is 15.1. The van der Waals surface area contributed by atoms with E-state index in [2.05, 4.69) is 170 Å². The molecule has 0 unspecified atom stereocenters. The largest absolute Gasteiger partial charge is 0.455 e. The van der Waals surface area contributed by atoms with Crippen LogP contribution in [0.2, 0.25) is 0 Å². The summed E-state index contributed by atoms with van der Waals surface area (Å²) in [7, 11) is 0. The van der Waals surface area contributed by atoms with Gasteiger partial charge in [0.25, 0.3) is 0 Å². The third-order valence-corrected chi connectivity index (χ3v) is 10.9. The van der Waals surface area contributed by atoms with Crippen molar-refractivity contribution >= 4 is 43.5 Å². The van der Waals surface area contributed by atoms with Crippen LogP contribution in [-0.4, -0.2) is 15.0 Å². The molecule has 266 valence electrons. The first kappa shape index (κ1) is 32.7. The fraction of sp³-hybridized carbons (Fsp3) is 0. The molecule has 0 radical (unpaired) electrons. The summed E-state index contributed by atoms with van der Waals surface area (Å²) in [5.41, 5.74) is 11.4. The molecule has 57 heavy (non-hydrogen) atoms. The fourth-order valence-corrected chi connectivity index (χ4v) is 8.03. The molecular formula is C53H33N3O. The topological polar surface area (TPSA) is 51.8 Å². The molecule has 0 amide bonds. The molecule has 2 heterocycles. The highest BCUT2D eigenvalue weighted by atomic mass is 16.3. The Kier molecular flexibility index (Phi) is 7.78. The van der Waals surface area contributed by atoms with Crippen molar-refractivity contribution in [2.75, 3.05) is 0 Å². The Morgan fingerprint density at radius 3 is 1.46 bits per heavy atom. The number of fused-ring (bicyclic) bond motifs is 6. The zero-order chi connectivity index (χ0) is 37.7. The van der Waals surface area contributed by atoms with Gasteiger partial charge in [-0.1, -0.05) is 158 Å². The van der Waals surface area contributed by atoms with Gasteiger partial charge in [0, 0.05) is 32.8 Å². The van der Waals surface area contributed by atoms with Gasteiger partial charge in [-0.05, 0) is 92.0 Å². The van der Waals surface area contributed by atoms with Crippen molar-refractivity contribution < 1.29 is 4.42 Å². The Morgan fingerprint density at radius 1 is 0.281 bits per heavy atom. The highest BCUT2D eigenvalue weighted by Gasteiger charge is 2.19. The predicted molar refractivity (Wildman–Crippen MR) is 235 cm³/mol. The normalized spacial score (nSPS) is 11.5. The monoisotopic (exact) mass is 727 g/mol. The molecule has 0 bridgehead atoms. The van der Waals surface area contributed by atoms with Crippen LogP contribution in [0.3, 0.4) is 0 Å². The van der Waals surface area contributed by atoms with Gasteiger partial charge in [-0.3, -0.25) is 0 Å². The van der Waals surface area contributed by atoms with Crippen LogP contribution >= 0.6 is 0 Å². The Morgan fingerprint density at radius 2 is 0.789 bits per heavy atom. The summed E-state index contributed by atoms with van der Waals surface area (Å²) < 4.78 is 6.81. The van der Waals surface area contributed by atoms with E-state index in [4.69, 9.17) is 19.4 Å². The molecule has 0 atom stereocenters. The number of hydrogen-bond acceptors (Lipinski definition) is 4. The van der Waals surface area contributed by atoms with Gasteiger partial charge in [-0.2, -0.15) is 0 Å². The first-order valence-electron chi connectivity index (χ1n) is 19.2. The molecule has 0 aliphatic heterocycles. The highest BCUT2D eigenvalue weighted by molar-refractivity contribution is 6.19. The van der Waals surface area contributed by atoms with Crippen molar-refractivity contribution in [3.63, 3.8) is 0 Å². The molecule has 0 saturated heterocycles. The molecule has 2 aromatic heterocycles. The van der Waals surface area contributed by atoms with Crippen LogP contribution in [0.1, 0.15) is 0 Å². The molecule has 0 N–H and O–H groups in total. The summed E-state index contributed by atoms with van der Waals surface area (Å²) >= 11 is 0. The average molecular weight is 728 g/mol. The zero-order valence-corrected chi connectivity index (χ0v) is 30.8. The molecule has 0 aliphatic rings. The lowest BCUT2D eigenvalue weighted by Crippen LogP contribution is -2.00. The van der Waals surface area contributed by atoms with E-state index in [1.54, 1.807) is 0 Å². The molecule has 11 aromatic rings. The number of benzene rings is 9. The van der Waals surface area contributed by atoms with Crippen LogP contribution < -0.4 is 0 Å². The van der Waals surface area contributed by atoms with E-state index in [9.17, 15) is 0 Å². The van der Waals surface area contributed by atoms with Crippen LogP contribution in [0.15, 0.2) is 205 Å². The molecule has 11 rings (SSSR count). The molecule has 9 aromatic carbocycles. The first-order valence-corrected chi connectivity index (χ1v) is 19.2. The Bertz CT molecular complexity index is 3220. The number of rotatable bonds is 6. The maximum Gasteiger partial charge on any atom is 0.164 e. The number of aromatic nitrogens is 3. The zero-order valence-electron chi connectivity index (χ0n) is 30.8. The summed E-state index contributed by atoms with van der Waals surface area (Å²) in [6.07, 6.45) is 0. The van der Waals surface area contributed by atoms with E-state index in [0.29, 0.717) is 17.5 Å². The molecule has 4 heteroatoms. The Labute approximate surface area is 329 Å². The highest BCUT2D eigenvalue weighted by Crippen LogP contribution is 2.42. The average Bonchev–Trinajstić information content (AvgIpc) is 3.67. The third kappa shape index (κ3) is 5.92. The molecule has 4 nitrogen and oxygen atoms in total. The van der Waals surface area contributed by atoms with Gasteiger partial charge >= 0.3 is 0 Å². The standard InChI is InChI=1S/C53H33N3O/c1-4-14-34(15-5-1)41-29-42(35-16-6-2-7-17-35)31-43(30-41)47-33-48-45-27-26-40(32-49(45)57-50(48)46-23-13-12-22-44(46)47)53-55-51(37-19-8-3-9-20-37)54-52(56-53)39-25-24-36-18-10-11-21-38(36)28-39/h1-33H. The van der Waals surface area contributed by atoms with Crippen molar-refractivity contribution in [3.05, 3.63) is 200 Å². The maximum absolute atomic E-state index is 6.81. The van der Waals surface area contributed by atoms with Crippen molar-refractivity contribution in [2.24, 2.45) is 0 Å². The summed E-state index contributed by atoms with van der Waals surface area (Å²) in [6, 6.07) is 70.1. The summed E-state index contributed by atoms with van der Waals surface area (Å²) in [6.45, 7) is 0. The number of hydrogen-bond donors (Lipinski definition) is 0. The van der Waals surface area contributed by atoms with E-state index in [0.717, 1.165) is 65.9 Å². The van der Waals surface area contributed by atoms with Crippen molar-refractivity contribution in [1.82, 2.24) is 15.0 Å². The van der Waals surface area contributed by atoms with Gasteiger partial charge in [-0.15, -0.1) is 0 Å². The second-order valence-electron chi connectivity index (χ2n) is 14.4. The first-order chi connectivity index (χ1) is 28.2. The maximum atomic E-state index is 6.81. The van der Waals surface area contributed by atoms with Crippen molar-refractivity contribution in [2.45, 2.75) is 0 Å². The lowest BCUT2D eigenvalue weighted by Gasteiger charge is -2.13. The van der Waals surface area contributed by atoms with Gasteiger partial charge in [-0.25, -0.2) is 15.0 Å². The van der Waals surface area contributed by atoms with Crippen molar-refractivity contribution in [1.29, 1.82) is 0 Å². The summed E-state index contributed by atoms with van der Waals surface area (Å²) in [5, 5.41) is 6.61. The summed E-state index contributed by atoms with van der Waals surface area (Å²) in [5.74, 6) is 1.83. The van der Waals surface area contributed by atoms with Gasteiger partial charge in [0.05, 0.1) is 0 Å². The molecule has 0 spiro atoms. The molecule has 0 fully saturated rings. The fourth-order valence-electron chi connectivity index (χ4n) is 8.03. The van der Waals surface area contributed by atoms with Crippen LogP contribution in [-0.2, 0) is 0 Å². The van der Waals surface area contributed by atoms with Crippen LogP contribution in [0.4, 0.5) is 0 Å². The van der Waals surface area contributed by atoms with E-state index >= 15 is 0 Å². The lowest BCUT2D eigenvalue weighted by molar-refractivity contribution is 0.673. The lowest BCUT2D eigenvalue weighted by atomic mass is 9.90. The quantitative estimate of drug-likeness (QED) is 0.171. The van der Waals surface area contributed by atoms with E-state index < -0.39 is 0 Å². The smallest absolute Gasteiger partial charge is 0.164 e. The van der Waals surface area contributed by atoms with Gasteiger partial charge in [0.15, 0.2) is 17.5 Å². The van der Waals surface area contributed by atoms with E-state index in [-0.39, 0.29) is 0 Å². The third-order valence-electron chi connectivity index (χ3n) is 10.9. The number of furan rings is 1. The minimum atomic E-state index is 0.589. The number of nitrogens with zero attached hydrogens (tertiary/aromatic N) is 3. The SMILES string of the molecule is c1ccc(-c2cc(-c3ccccc3)cc(-c3cc4c5ccc(-c6nc(-c7ccccc7)nc(-c7ccc8ccccc8c7)n6)cc5oc4c4ccccc34)c2)cc1. The molecular weight excluding hydrogens is 695 g/mol. The molecule has 0 aliphatic carbocycles. The van der Waals surface area contributed by atoms with Gasteiger partial charge in [0.2, 0.25) is 0 Å². The predicted octanol–water partition coefficient (Wildman–Crippen LogP) is 14.1. The van der Waals surface area contributed by atoms with Gasteiger partial charge < -0.3 is 4.42 Å². The minimum Gasteiger partial charge on any atom is -0.455 e. The van der Waals surface area contributed by atoms with E-state index in [1.807, 2.05) is 30.3 Å². The van der Waals surface area contributed by atoms with Crippen LogP contribution in [0.25, 0.3) is 111 Å². The van der Waals surface area contributed by atoms with Crippen LogP contribution in [0, 0.1) is 0 Å². The molecule has 0 saturated carbocycles. The Balaban J connectivity index is 1.09. The second kappa shape index (κ2) is 13.6. The second-order valence-corrected chi connectivity index (χ2v) is 14.4. The van der Waals surface area contributed by atoms with Crippen molar-refractivity contribution in [3.8, 4) is 67.5 Å². The van der Waals surface area contributed by atoms with Gasteiger partial charge in [0.1, 0.15) is 11.2 Å². The minimum absolute atomic E-state index is 0.589. The van der Waals surface area contributed by atoms with E-state index in [1.165, 1.54) is 27.6 Å². The Hall–Kier alpha value is -7.69.